The SMILES string of the molecule is COc1cc(-c2ccc3nn(C)cc3c2C)nnc1NC1C[C@@H]2CN(CC3CCOCC3)C[C@H]2C1. The van der Waals surface area contributed by atoms with Crippen LogP contribution in [0.1, 0.15) is 31.2 Å². The summed E-state index contributed by atoms with van der Waals surface area (Å²) < 4.78 is 13.1. The molecule has 0 bridgehead atoms. The molecule has 8 heteroatoms. The number of anilines is 1. The van der Waals surface area contributed by atoms with Crippen molar-refractivity contribution < 1.29 is 9.47 Å². The fourth-order valence-corrected chi connectivity index (χ4v) is 6.54. The number of benzene rings is 1. The lowest BCUT2D eigenvalue weighted by Gasteiger charge is -2.27. The topological polar surface area (TPSA) is 77.3 Å². The molecule has 3 aliphatic rings. The van der Waals surface area contributed by atoms with Crippen molar-refractivity contribution >= 4 is 16.7 Å². The van der Waals surface area contributed by atoms with Crippen molar-refractivity contribution in [3.05, 3.63) is 30.0 Å². The Morgan fingerprint density at radius 2 is 1.89 bits per heavy atom. The van der Waals surface area contributed by atoms with Crippen LogP contribution in [0.3, 0.4) is 0 Å². The van der Waals surface area contributed by atoms with Gasteiger partial charge in [-0.2, -0.15) is 5.10 Å². The molecule has 8 nitrogen and oxygen atoms in total. The van der Waals surface area contributed by atoms with Crippen molar-refractivity contribution in [3.8, 4) is 17.0 Å². The van der Waals surface area contributed by atoms with E-state index in [1.54, 1.807) is 7.11 Å². The molecule has 1 N–H and O–H groups in total. The maximum Gasteiger partial charge on any atom is 0.191 e. The van der Waals surface area contributed by atoms with Gasteiger partial charge in [-0.25, -0.2) is 0 Å². The average Bonchev–Trinajstić information content (AvgIpc) is 3.53. The Bertz CT molecular complexity index is 1190. The first kappa shape index (κ1) is 22.7. The van der Waals surface area contributed by atoms with Crippen molar-refractivity contribution in [2.75, 3.05) is 45.3 Å². The lowest BCUT2D eigenvalue weighted by atomic mass is 10.00. The molecule has 0 radical (unpaired) electrons. The van der Waals surface area contributed by atoms with E-state index in [-0.39, 0.29) is 0 Å². The molecular formula is C27H36N6O2. The molecule has 2 aromatic heterocycles. The van der Waals surface area contributed by atoms with Gasteiger partial charge in [0.05, 0.1) is 18.3 Å². The van der Waals surface area contributed by atoms with Gasteiger partial charge in [0.1, 0.15) is 0 Å². The molecule has 1 aromatic carbocycles. The number of likely N-dealkylation sites (tertiary alicyclic amines) is 1. The summed E-state index contributed by atoms with van der Waals surface area (Å²) in [5.41, 5.74) is 4.03. The van der Waals surface area contributed by atoms with Gasteiger partial charge in [0, 0.05) is 69.2 Å². The molecule has 35 heavy (non-hydrogen) atoms. The molecule has 186 valence electrons. The Morgan fingerprint density at radius 1 is 1.11 bits per heavy atom. The Labute approximate surface area is 207 Å². The van der Waals surface area contributed by atoms with Crippen LogP contribution in [0.4, 0.5) is 5.82 Å². The minimum absolute atomic E-state index is 0.428. The molecule has 3 aromatic rings. The molecule has 2 aliphatic heterocycles. The van der Waals surface area contributed by atoms with Crippen LogP contribution in [0.5, 0.6) is 5.75 Å². The first-order valence-electron chi connectivity index (χ1n) is 13.0. The highest BCUT2D eigenvalue weighted by molar-refractivity contribution is 5.88. The number of hydrogen-bond donors (Lipinski definition) is 1. The van der Waals surface area contributed by atoms with Gasteiger partial charge in [-0.05, 0) is 62.0 Å². The smallest absolute Gasteiger partial charge is 0.191 e. The van der Waals surface area contributed by atoms with E-state index in [0.29, 0.717) is 6.04 Å². The summed E-state index contributed by atoms with van der Waals surface area (Å²) in [7, 11) is 3.66. The first-order chi connectivity index (χ1) is 17.1. The van der Waals surface area contributed by atoms with Gasteiger partial charge in [-0.15, -0.1) is 10.2 Å². The maximum atomic E-state index is 5.74. The highest BCUT2D eigenvalue weighted by Gasteiger charge is 2.41. The molecular weight excluding hydrogens is 440 g/mol. The van der Waals surface area contributed by atoms with Crippen LogP contribution >= 0.6 is 0 Å². The molecule has 1 saturated carbocycles. The number of aromatic nitrogens is 4. The third-order valence-electron chi connectivity index (χ3n) is 8.35. The van der Waals surface area contributed by atoms with Crippen molar-refractivity contribution in [3.63, 3.8) is 0 Å². The Hall–Kier alpha value is -2.71. The van der Waals surface area contributed by atoms with Gasteiger partial charge in [0.25, 0.3) is 0 Å². The van der Waals surface area contributed by atoms with Crippen molar-refractivity contribution in [2.45, 2.75) is 38.6 Å². The molecule has 0 spiro atoms. The van der Waals surface area contributed by atoms with E-state index < -0.39 is 0 Å². The zero-order valence-corrected chi connectivity index (χ0v) is 21.0. The highest BCUT2D eigenvalue weighted by atomic mass is 16.5. The summed E-state index contributed by atoms with van der Waals surface area (Å²) in [6.45, 7) is 7.71. The summed E-state index contributed by atoms with van der Waals surface area (Å²) in [5, 5.41) is 18.5. The summed E-state index contributed by atoms with van der Waals surface area (Å²) in [5.74, 6) is 3.87. The second-order valence-corrected chi connectivity index (χ2v) is 10.7. The van der Waals surface area contributed by atoms with Crippen molar-refractivity contribution in [1.82, 2.24) is 24.9 Å². The summed E-state index contributed by atoms with van der Waals surface area (Å²) in [6.07, 6.45) is 6.88. The lowest BCUT2D eigenvalue weighted by Crippen LogP contribution is -2.32. The van der Waals surface area contributed by atoms with Gasteiger partial charge < -0.3 is 19.7 Å². The number of rotatable bonds is 6. The number of fused-ring (bicyclic) bond motifs is 2. The van der Waals surface area contributed by atoms with Gasteiger partial charge in [0.15, 0.2) is 11.6 Å². The van der Waals surface area contributed by atoms with Gasteiger partial charge in [-0.3, -0.25) is 4.68 Å². The monoisotopic (exact) mass is 476 g/mol. The van der Waals surface area contributed by atoms with Crippen LogP contribution in [-0.4, -0.2) is 70.9 Å². The number of methoxy groups -OCH3 is 1. The van der Waals surface area contributed by atoms with Crippen molar-refractivity contribution in [1.29, 1.82) is 0 Å². The van der Waals surface area contributed by atoms with E-state index in [4.69, 9.17) is 9.47 Å². The molecule has 4 heterocycles. The minimum atomic E-state index is 0.428. The fraction of sp³-hybridized carbons (Fsp3) is 0.593. The number of ether oxygens (including phenoxy) is 2. The average molecular weight is 477 g/mol. The predicted octanol–water partition coefficient (Wildman–Crippen LogP) is 3.90. The van der Waals surface area contributed by atoms with E-state index in [9.17, 15) is 0 Å². The second-order valence-electron chi connectivity index (χ2n) is 10.7. The largest absolute Gasteiger partial charge is 0.493 e. The Balaban J connectivity index is 1.12. The maximum absolute atomic E-state index is 5.74. The Morgan fingerprint density at radius 3 is 2.63 bits per heavy atom. The van der Waals surface area contributed by atoms with E-state index in [0.717, 1.165) is 70.3 Å². The number of aryl methyl sites for hydroxylation is 2. The number of hydrogen-bond acceptors (Lipinski definition) is 7. The fourth-order valence-electron chi connectivity index (χ4n) is 6.54. The van der Waals surface area contributed by atoms with Crippen LogP contribution < -0.4 is 10.1 Å². The van der Waals surface area contributed by atoms with Gasteiger partial charge >= 0.3 is 0 Å². The second kappa shape index (κ2) is 9.39. The minimum Gasteiger partial charge on any atom is -0.493 e. The molecule has 2 atom stereocenters. The molecule has 0 unspecified atom stereocenters. The first-order valence-corrected chi connectivity index (χ1v) is 13.0. The predicted molar refractivity (Wildman–Crippen MR) is 137 cm³/mol. The Kier molecular flexibility index (Phi) is 6.10. The van der Waals surface area contributed by atoms with Crippen LogP contribution in [0, 0.1) is 24.7 Å². The van der Waals surface area contributed by atoms with Gasteiger partial charge in [0.2, 0.25) is 0 Å². The molecule has 0 amide bonds. The lowest BCUT2D eigenvalue weighted by molar-refractivity contribution is 0.0545. The number of nitrogens with zero attached hydrogens (tertiary/aromatic N) is 5. The van der Waals surface area contributed by atoms with Gasteiger partial charge in [-0.1, -0.05) is 6.07 Å². The van der Waals surface area contributed by atoms with Crippen LogP contribution in [0.2, 0.25) is 0 Å². The van der Waals surface area contributed by atoms with E-state index in [1.165, 1.54) is 45.3 Å². The van der Waals surface area contributed by atoms with E-state index in [2.05, 4.69) is 44.7 Å². The van der Waals surface area contributed by atoms with E-state index in [1.807, 2.05) is 23.9 Å². The van der Waals surface area contributed by atoms with Crippen LogP contribution in [0.15, 0.2) is 24.4 Å². The van der Waals surface area contributed by atoms with Crippen molar-refractivity contribution in [2.24, 2.45) is 24.8 Å². The normalized spacial score (nSPS) is 23.7. The zero-order chi connectivity index (χ0) is 23.9. The standard InChI is InChI=1S/C27H36N6O2/c1-17-22(4-5-24-23(17)16-32(2)31-24)25-12-26(34-3)27(30-29-25)28-21-10-19-14-33(15-20(19)11-21)13-18-6-8-35-9-7-18/h4-5,12,16,18-21H,6-11,13-15H2,1-3H3,(H,28,30)/t19-,20-/m1/s1. The van der Waals surface area contributed by atoms with Crippen LogP contribution in [-0.2, 0) is 11.8 Å². The quantitative estimate of drug-likeness (QED) is 0.578. The van der Waals surface area contributed by atoms with E-state index >= 15 is 0 Å². The van der Waals surface area contributed by atoms with Crippen LogP contribution in [0.25, 0.3) is 22.2 Å². The summed E-state index contributed by atoms with van der Waals surface area (Å²) in [4.78, 5) is 2.71. The summed E-state index contributed by atoms with van der Waals surface area (Å²) >= 11 is 0. The summed E-state index contributed by atoms with van der Waals surface area (Å²) in [6, 6.07) is 6.55. The molecule has 1 aliphatic carbocycles. The molecule has 2 saturated heterocycles. The molecule has 3 fully saturated rings. The third kappa shape index (κ3) is 4.49. The molecule has 6 rings (SSSR count). The zero-order valence-electron chi connectivity index (χ0n) is 21.0. The highest BCUT2D eigenvalue weighted by Crippen LogP contribution is 2.41. The third-order valence-corrected chi connectivity index (χ3v) is 8.35. The number of nitrogens with one attached hydrogen (secondary N) is 1.